The molecule has 1 fully saturated rings. The van der Waals surface area contributed by atoms with E-state index >= 15 is 0 Å². The molecule has 1 saturated carbocycles. The van der Waals surface area contributed by atoms with Gasteiger partial charge in [0.05, 0.1) is 11.7 Å². The molecule has 1 aliphatic carbocycles. The Morgan fingerprint density at radius 2 is 1.63 bits per heavy atom. The Morgan fingerprint density at radius 3 is 2.00 bits per heavy atom. The molecule has 0 aliphatic heterocycles. The lowest BCUT2D eigenvalue weighted by Crippen LogP contribution is -2.49. The van der Waals surface area contributed by atoms with Gasteiger partial charge in [0, 0.05) is 12.6 Å². The van der Waals surface area contributed by atoms with Crippen molar-refractivity contribution < 1.29 is 4.74 Å². The molecule has 0 atom stereocenters. The summed E-state index contributed by atoms with van der Waals surface area (Å²) < 4.78 is 6.33. The summed E-state index contributed by atoms with van der Waals surface area (Å²) in [6.45, 7) is 16.9. The highest BCUT2D eigenvalue weighted by Gasteiger charge is 2.39. The van der Waals surface area contributed by atoms with E-state index in [-0.39, 0.29) is 5.60 Å². The van der Waals surface area contributed by atoms with E-state index in [4.69, 9.17) is 4.74 Å². The molecule has 19 heavy (non-hydrogen) atoms. The first kappa shape index (κ1) is 17.0. The fourth-order valence-electron chi connectivity index (χ4n) is 3.24. The van der Waals surface area contributed by atoms with Gasteiger partial charge in [-0.3, -0.25) is 0 Å². The molecule has 0 spiro atoms. The minimum absolute atomic E-state index is 0.0696. The van der Waals surface area contributed by atoms with Crippen LogP contribution in [0, 0.1) is 11.3 Å². The van der Waals surface area contributed by atoms with Crippen molar-refractivity contribution in [3.05, 3.63) is 0 Å². The molecule has 0 radical (unpaired) electrons. The Hall–Kier alpha value is -0.0800. The molecule has 0 saturated heterocycles. The van der Waals surface area contributed by atoms with E-state index < -0.39 is 0 Å². The van der Waals surface area contributed by atoms with Crippen LogP contribution in [-0.2, 0) is 4.74 Å². The minimum Gasteiger partial charge on any atom is -0.371 e. The Balaban J connectivity index is 2.63. The van der Waals surface area contributed by atoms with Crippen molar-refractivity contribution in [1.82, 2.24) is 5.32 Å². The highest BCUT2D eigenvalue weighted by atomic mass is 16.5. The zero-order valence-corrected chi connectivity index (χ0v) is 14.2. The van der Waals surface area contributed by atoms with Crippen LogP contribution in [0.1, 0.15) is 74.1 Å². The quantitative estimate of drug-likeness (QED) is 0.799. The SMILES string of the molecule is CC(C)NCC1(OC(C)C)CCC(C(C)(C)C)CC1. The van der Waals surface area contributed by atoms with E-state index in [0.717, 1.165) is 12.5 Å². The van der Waals surface area contributed by atoms with Crippen molar-refractivity contribution in [3.8, 4) is 0 Å². The second kappa shape index (κ2) is 6.58. The van der Waals surface area contributed by atoms with Gasteiger partial charge in [-0.1, -0.05) is 34.6 Å². The third-order valence-corrected chi connectivity index (χ3v) is 4.44. The molecule has 2 nitrogen and oxygen atoms in total. The van der Waals surface area contributed by atoms with E-state index in [0.29, 0.717) is 17.6 Å². The van der Waals surface area contributed by atoms with Gasteiger partial charge in [-0.05, 0) is 50.9 Å². The lowest BCUT2D eigenvalue weighted by Gasteiger charge is -2.45. The Bertz CT molecular complexity index is 257. The molecule has 0 aromatic heterocycles. The third kappa shape index (κ3) is 5.43. The molecule has 0 bridgehead atoms. The number of hydrogen-bond donors (Lipinski definition) is 1. The smallest absolute Gasteiger partial charge is 0.0810 e. The Morgan fingerprint density at radius 1 is 1.11 bits per heavy atom. The zero-order valence-electron chi connectivity index (χ0n) is 14.2. The normalized spacial score (nSPS) is 29.2. The van der Waals surface area contributed by atoms with Crippen LogP contribution in [0.15, 0.2) is 0 Å². The molecule has 114 valence electrons. The largest absolute Gasteiger partial charge is 0.371 e. The van der Waals surface area contributed by atoms with Crippen LogP contribution in [0.3, 0.4) is 0 Å². The molecule has 0 heterocycles. The van der Waals surface area contributed by atoms with Crippen molar-refractivity contribution in [3.63, 3.8) is 0 Å². The summed E-state index contributed by atoms with van der Waals surface area (Å²) in [5.41, 5.74) is 0.510. The van der Waals surface area contributed by atoms with Crippen LogP contribution in [0.5, 0.6) is 0 Å². The van der Waals surface area contributed by atoms with Crippen LogP contribution < -0.4 is 5.32 Å². The van der Waals surface area contributed by atoms with Gasteiger partial charge in [-0.15, -0.1) is 0 Å². The molecular formula is C17H35NO. The van der Waals surface area contributed by atoms with Crippen LogP contribution in [-0.4, -0.2) is 24.3 Å². The van der Waals surface area contributed by atoms with Gasteiger partial charge in [0.2, 0.25) is 0 Å². The molecule has 1 aliphatic rings. The lowest BCUT2D eigenvalue weighted by molar-refractivity contribution is -0.112. The lowest BCUT2D eigenvalue weighted by atomic mass is 9.68. The maximum atomic E-state index is 6.33. The highest BCUT2D eigenvalue weighted by molar-refractivity contribution is 4.92. The van der Waals surface area contributed by atoms with Gasteiger partial charge in [-0.25, -0.2) is 0 Å². The molecule has 0 aromatic carbocycles. The van der Waals surface area contributed by atoms with Crippen LogP contribution >= 0.6 is 0 Å². The number of nitrogens with one attached hydrogen (secondary N) is 1. The van der Waals surface area contributed by atoms with Crippen molar-refractivity contribution in [2.75, 3.05) is 6.54 Å². The fourth-order valence-corrected chi connectivity index (χ4v) is 3.24. The predicted molar refractivity (Wildman–Crippen MR) is 83.5 cm³/mol. The van der Waals surface area contributed by atoms with Gasteiger partial charge in [0.25, 0.3) is 0 Å². The topological polar surface area (TPSA) is 21.3 Å². The standard InChI is InChI=1S/C17H35NO/c1-13(2)18-12-17(19-14(3)4)10-8-15(9-11-17)16(5,6)7/h13-15,18H,8-12H2,1-7H3. The van der Waals surface area contributed by atoms with E-state index in [1.807, 2.05) is 0 Å². The predicted octanol–water partition coefficient (Wildman–Crippen LogP) is 4.38. The fraction of sp³-hybridized carbons (Fsp3) is 1.00. The molecule has 0 amide bonds. The average molecular weight is 269 g/mol. The van der Waals surface area contributed by atoms with Crippen molar-refractivity contribution in [2.24, 2.45) is 11.3 Å². The van der Waals surface area contributed by atoms with Crippen molar-refractivity contribution in [2.45, 2.75) is 91.9 Å². The summed E-state index contributed by atoms with van der Waals surface area (Å²) in [5.74, 6) is 0.843. The molecule has 2 heteroatoms. The summed E-state index contributed by atoms with van der Waals surface area (Å²) in [6.07, 6.45) is 5.33. The summed E-state index contributed by atoms with van der Waals surface area (Å²) in [6, 6.07) is 0.535. The highest BCUT2D eigenvalue weighted by Crippen LogP contribution is 2.43. The number of rotatable bonds is 5. The first-order valence-electron chi connectivity index (χ1n) is 8.06. The average Bonchev–Trinajstić information content (AvgIpc) is 2.25. The van der Waals surface area contributed by atoms with Crippen LogP contribution in [0.2, 0.25) is 0 Å². The molecule has 0 unspecified atom stereocenters. The summed E-state index contributed by atoms with van der Waals surface area (Å²) in [5, 5.41) is 3.59. The van der Waals surface area contributed by atoms with E-state index in [1.165, 1.54) is 25.7 Å². The zero-order chi connectivity index (χ0) is 14.7. The van der Waals surface area contributed by atoms with Crippen LogP contribution in [0.4, 0.5) is 0 Å². The summed E-state index contributed by atoms with van der Waals surface area (Å²) in [7, 11) is 0. The van der Waals surface area contributed by atoms with Gasteiger partial charge >= 0.3 is 0 Å². The monoisotopic (exact) mass is 269 g/mol. The van der Waals surface area contributed by atoms with Crippen molar-refractivity contribution >= 4 is 0 Å². The minimum atomic E-state index is 0.0696. The first-order valence-corrected chi connectivity index (χ1v) is 8.06. The number of ether oxygens (including phenoxy) is 1. The Kier molecular flexibility index (Phi) is 5.88. The van der Waals surface area contributed by atoms with Crippen LogP contribution in [0.25, 0.3) is 0 Å². The van der Waals surface area contributed by atoms with E-state index in [1.54, 1.807) is 0 Å². The summed E-state index contributed by atoms with van der Waals surface area (Å²) in [4.78, 5) is 0. The van der Waals surface area contributed by atoms with E-state index in [2.05, 4.69) is 53.8 Å². The van der Waals surface area contributed by atoms with E-state index in [9.17, 15) is 0 Å². The number of hydrogen-bond acceptors (Lipinski definition) is 2. The second-order valence-electron chi connectivity index (χ2n) is 8.03. The molecular weight excluding hydrogens is 234 g/mol. The van der Waals surface area contributed by atoms with Crippen molar-refractivity contribution in [1.29, 1.82) is 0 Å². The molecule has 0 aromatic rings. The van der Waals surface area contributed by atoms with Gasteiger partial charge in [0.1, 0.15) is 0 Å². The molecule has 1 N–H and O–H groups in total. The second-order valence-corrected chi connectivity index (χ2v) is 8.03. The Labute approximate surface area is 120 Å². The summed E-state index contributed by atoms with van der Waals surface area (Å²) >= 11 is 0. The van der Waals surface area contributed by atoms with Gasteiger partial charge in [-0.2, -0.15) is 0 Å². The third-order valence-electron chi connectivity index (χ3n) is 4.44. The maximum absolute atomic E-state index is 6.33. The van der Waals surface area contributed by atoms with Gasteiger partial charge in [0.15, 0.2) is 0 Å². The molecule has 1 rings (SSSR count). The maximum Gasteiger partial charge on any atom is 0.0810 e. The first-order chi connectivity index (χ1) is 8.65. The van der Waals surface area contributed by atoms with Gasteiger partial charge < -0.3 is 10.1 Å².